The Morgan fingerprint density at radius 3 is 2.60 bits per heavy atom. The molecule has 0 aromatic heterocycles. The van der Waals surface area contributed by atoms with Gasteiger partial charge >= 0.3 is 0 Å². The van der Waals surface area contributed by atoms with Gasteiger partial charge in [0.25, 0.3) is 0 Å². The van der Waals surface area contributed by atoms with Crippen LogP contribution in [0.3, 0.4) is 0 Å². The number of hydrogen-bond donors (Lipinski definition) is 1. The van der Waals surface area contributed by atoms with Crippen molar-refractivity contribution in [1.82, 2.24) is 3.11 Å². The lowest BCUT2D eigenvalue weighted by atomic mass is 9.80. The lowest BCUT2D eigenvalue weighted by Gasteiger charge is -2.44. The first-order valence-electron chi connectivity index (χ1n) is 3.88. The van der Waals surface area contributed by atoms with E-state index < -0.39 is 0 Å². The number of fused-ring (bicyclic) bond motifs is 3. The van der Waals surface area contributed by atoms with Crippen LogP contribution in [0.5, 0.6) is 0 Å². The predicted molar refractivity (Wildman–Crippen MR) is 47.9 cm³/mol. The third-order valence-electron chi connectivity index (χ3n) is 2.68. The Labute approximate surface area is 75.1 Å². The molecule has 3 aliphatic rings. The molecule has 2 nitrogen and oxygen atoms in total. The molecule has 3 unspecified atom stereocenters. The summed E-state index contributed by atoms with van der Waals surface area (Å²) < 4.78 is 2.28. The van der Waals surface area contributed by atoms with Crippen molar-refractivity contribution >= 4 is 22.9 Å². The Morgan fingerprint density at radius 2 is 2.20 bits per heavy atom. The molecule has 2 bridgehead atoms. The molecule has 1 saturated carbocycles. The van der Waals surface area contributed by atoms with E-state index in [1.54, 1.807) is 0 Å². The lowest BCUT2D eigenvalue weighted by molar-refractivity contribution is -0.00255. The molecule has 0 amide bonds. The Hall–Kier alpha value is 0.650. The first-order chi connectivity index (χ1) is 4.77. The standard InChI is InChI=1S/C7H12INO/c8-9-4-5-1-2-6(9)7(10)3-5/h5-7,10H,1-4H2. The summed E-state index contributed by atoms with van der Waals surface area (Å²) in [5.74, 6) is 0.775. The van der Waals surface area contributed by atoms with Gasteiger partial charge in [-0.15, -0.1) is 0 Å². The molecule has 1 aliphatic carbocycles. The van der Waals surface area contributed by atoms with Gasteiger partial charge in [0, 0.05) is 35.5 Å². The van der Waals surface area contributed by atoms with Gasteiger partial charge in [-0.25, -0.2) is 3.11 Å². The fourth-order valence-electron chi connectivity index (χ4n) is 2.09. The van der Waals surface area contributed by atoms with Gasteiger partial charge in [-0.2, -0.15) is 0 Å². The molecule has 10 heavy (non-hydrogen) atoms. The maximum absolute atomic E-state index is 9.52. The number of hydrogen-bond acceptors (Lipinski definition) is 2. The van der Waals surface area contributed by atoms with Crippen LogP contribution in [0.2, 0.25) is 0 Å². The van der Waals surface area contributed by atoms with Crippen molar-refractivity contribution in [3.63, 3.8) is 0 Å². The van der Waals surface area contributed by atoms with E-state index >= 15 is 0 Å². The minimum absolute atomic E-state index is 0.0376. The minimum atomic E-state index is -0.0376. The second-order valence-electron chi connectivity index (χ2n) is 3.40. The van der Waals surface area contributed by atoms with Gasteiger partial charge in [0.2, 0.25) is 0 Å². The fraction of sp³-hybridized carbons (Fsp3) is 1.00. The Morgan fingerprint density at radius 1 is 1.40 bits per heavy atom. The number of piperidine rings is 2. The zero-order valence-electron chi connectivity index (χ0n) is 5.83. The van der Waals surface area contributed by atoms with Crippen molar-refractivity contribution in [2.75, 3.05) is 6.54 Å². The Kier molecular flexibility index (Phi) is 1.90. The van der Waals surface area contributed by atoms with Crippen LogP contribution >= 0.6 is 22.9 Å². The van der Waals surface area contributed by atoms with Gasteiger partial charge in [0.15, 0.2) is 0 Å². The average molecular weight is 253 g/mol. The summed E-state index contributed by atoms with van der Waals surface area (Å²) in [4.78, 5) is 0. The molecule has 0 radical (unpaired) electrons. The van der Waals surface area contributed by atoms with Crippen molar-refractivity contribution in [1.29, 1.82) is 0 Å². The third kappa shape index (κ3) is 1.08. The van der Waals surface area contributed by atoms with Crippen LogP contribution in [0.1, 0.15) is 19.3 Å². The number of aliphatic hydroxyl groups is 1. The summed E-state index contributed by atoms with van der Waals surface area (Å²) >= 11 is 2.34. The van der Waals surface area contributed by atoms with E-state index in [1.807, 2.05) is 0 Å². The molecule has 2 aliphatic heterocycles. The number of aliphatic hydroxyl groups excluding tert-OH is 1. The zero-order valence-corrected chi connectivity index (χ0v) is 7.99. The molecule has 0 aromatic carbocycles. The summed E-state index contributed by atoms with van der Waals surface area (Å²) in [7, 11) is 0. The normalized spacial score (nSPS) is 48.0. The summed E-state index contributed by atoms with van der Waals surface area (Å²) in [5, 5.41) is 9.52. The molecular formula is C7H12INO. The van der Waals surface area contributed by atoms with Crippen molar-refractivity contribution in [2.45, 2.75) is 31.4 Å². The van der Waals surface area contributed by atoms with Crippen LogP contribution in [0.25, 0.3) is 0 Å². The van der Waals surface area contributed by atoms with Crippen molar-refractivity contribution in [3.05, 3.63) is 0 Å². The number of rotatable bonds is 0. The zero-order chi connectivity index (χ0) is 7.14. The summed E-state index contributed by atoms with van der Waals surface area (Å²) in [6.07, 6.45) is 3.55. The third-order valence-corrected chi connectivity index (χ3v) is 3.79. The van der Waals surface area contributed by atoms with Gasteiger partial charge < -0.3 is 5.11 Å². The molecule has 0 aromatic rings. The topological polar surface area (TPSA) is 23.5 Å². The van der Waals surface area contributed by atoms with Crippen LogP contribution in [0.15, 0.2) is 0 Å². The maximum atomic E-state index is 9.52. The van der Waals surface area contributed by atoms with Crippen LogP contribution < -0.4 is 0 Å². The molecule has 0 spiro atoms. The molecular weight excluding hydrogens is 241 g/mol. The molecule has 3 heteroatoms. The van der Waals surface area contributed by atoms with E-state index in [0.717, 1.165) is 12.3 Å². The quantitative estimate of drug-likeness (QED) is 0.517. The SMILES string of the molecule is OC1CC2CCC1N(I)C2. The second kappa shape index (κ2) is 2.60. The van der Waals surface area contributed by atoms with E-state index in [-0.39, 0.29) is 6.10 Å². The first-order valence-corrected chi connectivity index (χ1v) is 4.84. The smallest absolute Gasteiger partial charge is 0.0706 e. The van der Waals surface area contributed by atoms with Crippen LogP contribution in [-0.4, -0.2) is 26.9 Å². The maximum Gasteiger partial charge on any atom is 0.0706 e. The molecule has 2 saturated heterocycles. The van der Waals surface area contributed by atoms with Gasteiger partial charge in [0.05, 0.1) is 6.10 Å². The van der Waals surface area contributed by atoms with Crippen molar-refractivity contribution in [2.24, 2.45) is 5.92 Å². The second-order valence-corrected chi connectivity index (χ2v) is 4.64. The van der Waals surface area contributed by atoms with E-state index in [2.05, 4.69) is 26.0 Å². The van der Waals surface area contributed by atoms with E-state index in [9.17, 15) is 5.11 Å². The molecule has 2 heterocycles. The monoisotopic (exact) mass is 253 g/mol. The highest BCUT2D eigenvalue weighted by Gasteiger charge is 2.38. The largest absolute Gasteiger partial charge is 0.391 e. The molecule has 3 fully saturated rings. The summed E-state index contributed by atoms with van der Waals surface area (Å²) in [6.45, 7) is 1.20. The van der Waals surface area contributed by atoms with E-state index in [4.69, 9.17) is 0 Å². The molecule has 58 valence electrons. The molecule has 3 atom stereocenters. The highest BCUT2D eigenvalue weighted by molar-refractivity contribution is 14.1. The van der Waals surface area contributed by atoms with Crippen molar-refractivity contribution in [3.8, 4) is 0 Å². The Balaban J connectivity index is 2.11. The number of halogens is 1. The minimum Gasteiger partial charge on any atom is -0.391 e. The molecule has 1 N–H and O–H groups in total. The highest BCUT2D eigenvalue weighted by atomic mass is 127. The summed E-state index contributed by atoms with van der Waals surface area (Å²) in [6, 6.07) is 0.464. The fourth-order valence-corrected chi connectivity index (χ4v) is 3.30. The summed E-state index contributed by atoms with van der Waals surface area (Å²) in [5.41, 5.74) is 0. The van der Waals surface area contributed by atoms with Gasteiger partial charge in [-0.05, 0) is 25.2 Å². The van der Waals surface area contributed by atoms with Crippen LogP contribution in [-0.2, 0) is 0 Å². The average Bonchev–Trinajstić information content (AvgIpc) is 1.86. The van der Waals surface area contributed by atoms with E-state index in [0.29, 0.717) is 6.04 Å². The predicted octanol–water partition coefficient (Wildman–Crippen LogP) is 1.18. The number of nitrogens with zero attached hydrogens (tertiary/aromatic N) is 1. The van der Waals surface area contributed by atoms with E-state index in [1.165, 1.54) is 19.4 Å². The first kappa shape index (κ1) is 7.31. The van der Waals surface area contributed by atoms with Crippen LogP contribution in [0.4, 0.5) is 0 Å². The Bertz CT molecular complexity index is 130. The van der Waals surface area contributed by atoms with Gasteiger partial charge in [0.1, 0.15) is 0 Å². The van der Waals surface area contributed by atoms with Gasteiger partial charge in [-0.1, -0.05) is 0 Å². The van der Waals surface area contributed by atoms with Gasteiger partial charge in [-0.3, -0.25) is 0 Å². The lowest BCUT2D eigenvalue weighted by Crippen LogP contribution is -2.51. The van der Waals surface area contributed by atoms with Crippen LogP contribution in [0, 0.1) is 5.92 Å². The molecule has 3 rings (SSSR count). The van der Waals surface area contributed by atoms with Crippen molar-refractivity contribution < 1.29 is 5.11 Å². The highest BCUT2D eigenvalue weighted by Crippen LogP contribution is 2.36.